The number of primary amides is 1. The summed E-state index contributed by atoms with van der Waals surface area (Å²) in [5, 5.41) is 4.22. The zero-order valence-corrected chi connectivity index (χ0v) is 11.0. The summed E-state index contributed by atoms with van der Waals surface area (Å²) in [5.41, 5.74) is 11.1. The Morgan fingerprint density at radius 3 is 2.42 bits per heavy atom. The molecule has 0 aliphatic carbocycles. The topological polar surface area (TPSA) is 99.8 Å². The molecule has 0 fully saturated rings. The summed E-state index contributed by atoms with van der Waals surface area (Å²) in [5.74, 6) is 0.744. The summed E-state index contributed by atoms with van der Waals surface area (Å²) in [7, 11) is 0. The smallest absolute Gasteiger partial charge is 0.244 e. The van der Waals surface area contributed by atoms with Gasteiger partial charge in [-0.25, -0.2) is 9.67 Å². The first-order valence-corrected chi connectivity index (χ1v) is 5.96. The highest BCUT2D eigenvalue weighted by atomic mass is 16.1. The number of carbonyl (C=O) groups excluding carboxylic acids is 1. The molecule has 1 heterocycles. The van der Waals surface area contributed by atoms with Crippen LogP contribution in [0, 0.1) is 13.8 Å². The van der Waals surface area contributed by atoms with Crippen molar-refractivity contribution in [3.63, 3.8) is 0 Å². The van der Waals surface area contributed by atoms with Gasteiger partial charge < -0.3 is 11.5 Å². The first-order chi connectivity index (χ1) is 8.93. The molecule has 1 aromatic heterocycles. The fourth-order valence-corrected chi connectivity index (χ4v) is 1.99. The summed E-state index contributed by atoms with van der Waals surface area (Å²) in [4.78, 5) is 16.0. The lowest BCUT2D eigenvalue weighted by Crippen LogP contribution is -2.52. The average molecular weight is 259 g/mol. The van der Waals surface area contributed by atoms with Crippen molar-refractivity contribution in [2.24, 2.45) is 11.5 Å². The molecule has 0 aliphatic rings. The summed E-state index contributed by atoms with van der Waals surface area (Å²) >= 11 is 0. The summed E-state index contributed by atoms with van der Waals surface area (Å²) in [6.07, 6.45) is 0. The molecule has 0 saturated heterocycles. The molecule has 0 saturated carbocycles. The Bertz CT molecular complexity index is 592. The molecule has 19 heavy (non-hydrogen) atoms. The van der Waals surface area contributed by atoms with Crippen molar-refractivity contribution in [3.8, 4) is 0 Å². The molecule has 0 spiro atoms. The van der Waals surface area contributed by atoms with E-state index in [4.69, 9.17) is 11.5 Å². The molecular weight excluding hydrogens is 242 g/mol. The molecule has 1 atom stereocenters. The minimum Gasteiger partial charge on any atom is -0.368 e. The van der Waals surface area contributed by atoms with Gasteiger partial charge in [-0.3, -0.25) is 4.79 Å². The van der Waals surface area contributed by atoms with Gasteiger partial charge in [0.1, 0.15) is 17.2 Å². The Kier molecular flexibility index (Phi) is 3.35. The summed E-state index contributed by atoms with van der Waals surface area (Å²) < 4.78 is 1.60. The average Bonchev–Trinajstić information content (AvgIpc) is 2.68. The Labute approximate surface area is 111 Å². The zero-order chi connectivity index (χ0) is 14.0. The minimum atomic E-state index is -1.30. The Morgan fingerprint density at radius 1 is 1.32 bits per heavy atom. The van der Waals surface area contributed by atoms with E-state index in [1.165, 1.54) is 0 Å². The van der Waals surface area contributed by atoms with Gasteiger partial charge in [0.2, 0.25) is 5.91 Å². The second-order valence-electron chi connectivity index (χ2n) is 4.57. The normalized spacial score (nSPS) is 14.1. The van der Waals surface area contributed by atoms with Gasteiger partial charge in [0, 0.05) is 0 Å². The van der Waals surface area contributed by atoms with Crippen molar-refractivity contribution in [2.45, 2.75) is 25.9 Å². The number of hydrogen-bond donors (Lipinski definition) is 2. The van der Waals surface area contributed by atoms with Crippen molar-refractivity contribution >= 4 is 5.91 Å². The number of nitrogens with zero attached hydrogens (tertiary/aromatic N) is 3. The molecule has 2 aromatic rings. The molecule has 0 radical (unpaired) electrons. The van der Waals surface area contributed by atoms with Crippen molar-refractivity contribution in [1.29, 1.82) is 0 Å². The van der Waals surface area contributed by atoms with Gasteiger partial charge in [-0.15, -0.1) is 0 Å². The molecular formula is C13H17N5O. The maximum absolute atomic E-state index is 11.8. The van der Waals surface area contributed by atoms with Crippen LogP contribution in [0.25, 0.3) is 0 Å². The van der Waals surface area contributed by atoms with Crippen LogP contribution in [0.15, 0.2) is 30.3 Å². The quantitative estimate of drug-likeness (QED) is 0.821. The minimum absolute atomic E-state index is 0.166. The van der Waals surface area contributed by atoms with E-state index in [0.717, 1.165) is 0 Å². The number of amides is 1. The number of hydrogen-bond acceptors (Lipinski definition) is 4. The number of nitrogens with two attached hydrogens (primary N) is 2. The highest BCUT2D eigenvalue weighted by Gasteiger charge is 2.35. The summed E-state index contributed by atoms with van der Waals surface area (Å²) in [6.45, 7) is 3.76. The van der Waals surface area contributed by atoms with Gasteiger partial charge in [0.25, 0.3) is 0 Å². The summed E-state index contributed by atoms with van der Waals surface area (Å²) in [6, 6.07) is 9.06. The molecule has 4 N–H and O–H groups in total. The third-order valence-corrected chi connectivity index (χ3v) is 3.09. The van der Waals surface area contributed by atoms with Crippen LogP contribution in [0.4, 0.5) is 0 Å². The van der Waals surface area contributed by atoms with Crippen LogP contribution in [0.1, 0.15) is 17.2 Å². The standard InChI is InChI=1S/C13H17N5O/c1-9-16-10(2)18(17-9)8-13(15,12(14)19)11-6-4-3-5-7-11/h3-7H,8,15H2,1-2H3,(H2,14,19). The predicted octanol–water partition coefficient (Wildman–Crippen LogP) is 0.234. The Balaban J connectivity index is 2.41. The van der Waals surface area contributed by atoms with E-state index >= 15 is 0 Å². The fraction of sp³-hybridized carbons (Fsp3) is 0.308. The second-order valence-corrected chi connectivity index (χ2v) is 4.57. The van der Waals surface area contributed by atoms with Crippen molar-refractivity contribution < 1.29 is 4.79 Å². The molecule has 6 nitrogen and oxygen atoms in total. The molecule has 6 heteroatoms. The van der Waals surface area contributed by atoms with Crippen LogP contribution in [0.3, 0.4) is 0 Å². The molecule has 1 aromatic carbocycles. The molecule has 0 bridgehead atoms. The van der Waals surface area contributed by atoms with Crippen molar-refractivity contribution in [1.82, 2.24) is 14.8 Å². The fourth-order valence-electron chi connectivity index (χ4n) is 1.99. The van der Waals surface area contributed by atoms with Gasteiger partial charge in [-0.1, -0.05) is 30.3 Å². The molecule has 0 aliphatic heterocycles. The molecule has 1 amide bonds. The van der Waals surface area contributed by atoms with E-state index in [-0.39, 0.29) is 6.54 Å². The van der Waals surface area contributed by atoms with Gasteiger partial charge in [0.05, 0.1) is 6.54 Å². The highest BCUT2D eigenvalue weighted by Crippen LogP contribution is 2.20. The second kappa shape index (κ2) is 4.81. The number of benzene rings is 1. The molecule has 2 rings (SSSR count). The van der Waals surface area contributed by atoms with Gasteiger partial charge in [0.15, 0.2) is 0 Å². The lowest BCUT2D eigenvalue weighted by molar-refractivity contribution is -0.124. The van der Waals surface area contributed by atoms with Crippen molar-refractivity contribution in [3.05, 3.63) is 47.5 Å². The van der Waals surface area contributed by atoms with E-state index in [2.05, 4.69) is 10.1 Å². The first kappa shape index (κ1) is 13.2. The molecule has 100 valence electrons. The van der Waals surface area contributed by atoms with Crippen LogP contribution in [-0.2, 0) is 16.9 Å². The Hall–Kier alpha value is -2.21. The van der Waals surface area contributed by atoms with Crippen LogP contribution in [-0.4, -0.2) is 20.7 Å². The third kappa shape index (κ3) is 2.48. The Morgan fingerprint density at radius 2 is 1.95 bits per heavy atom. The van der Waals surface area contributed by atoms with E-state index in [9.17, 15) is 4.79 Å². The zero-order valence-electron chi connectivity index (χ0n) is 11.0. The van der Waals surface area contributed by atoms with Gasteiger partial charge >= 0.3 is 0 Å². The third-order valence-electron chi connectivity index (χ3n) is 3.09. The van der Waals surface area contributed by atoms with E-state index in [1.54, 1.807) is 23.7 Å². The molecule has 1 unspecified atom stereocenters. The van der Waals surface area contributed by atoms with E-state index < -0.39 is 11.4 Å². The number of aromatic nitrogens is 3. The largest absolute Gasteiger partial charge is 0.368 e. The van der Waals surface area contributed by atoms with Crippen LogP contribution < -0.4 is 11.5 Å². The maximum Gasteiger partial charge on any atom is 0.244 e. The number of rotatable bonds is 4. The van der Waals surface area contributed by atoms with Crippen LogP contribution >= 0.6 is 0 Å². The predicted molar refractivity (Wildman–Crippen MR) is 71.0 cm³/mol. The van der Waals surface area contributed by atoms with Gasteiger partial charge in [-0.05, 0) is 19.4 Å². The number of carbonyl (C=O) groups is 1. The first-order valence-electron chi connectivity index (χ1n) is 5.96. The lowest BCUT2D eigenvalue weighted by atomic mass is 9.90. The van der Waals surface area contributed by atoms with Crippen LogP contribution in [0.2, 0.25) is 0 Å². The van der Waals surface area contributed by atoms with Crippen LogP contribution in [0.5, 0.6) is 0 Å². The monoisotopic (exact) mass is 259 g/mol. The van der Waals surface area contributed by atoms with E-state index in [1.807, 2.05) is 25.1 Å². The highest BCUT2D eigenvalue weighted by molar-refractivity contribution is 5.85. The van der Waals surface area contributed by atoms with Crippen molar-refractivity contribution in [2.75, 3.05) is 0 Å². The van der Waals surface area contributed by atoms with E-state index in [0.29, 0.717) is 17.2 Å². The lowest BCUT2D eigenvalue weighted by Gasteiger charge is -2.26. The van der Waals surface area contributed by atoms with Gasteiger partial charge in [-0.2, -0.15) is 5.10 Å². The maximum atomic E-state index is 11.8. The number of aryl methyl sites for hydroxylation is 2. The SMILES string of the molecule is Cc1nc(C)n(CC(N)(C(N)=O)c2ccccc2)n1.